The Balaban J connectivity index is 2.72. The number of benzene rings is 1. The van der Waals surface area contributed by atoms with Crippen molar-refractivity contribution < 1.29 is 14.6 Å². The van der Waals surface area contributed by atoms with Gasteiger partial charge in [0.2, 0.25) is 0 Å². The third-order valence-corrected chi connectivity index (χ3v) is 5.63. The molecule has 0 bridgehead atoms. The average molecular weight is 375 g/mol. The van der Waals surface area contributed by atoms with E-state index in [9.17, 15) is 14.6 Å². The zero-order valence-electron chi connectivity index (χ0n) is 16.5. The Morgan fingerprint density at radius 3 is 2.00 bits per heavy atom. The number of nitrogen functional groups attached to an aromatic ring is 2. The molecule has 0 saturated heterocycles. The zero-order chi connectivity index (χ0) is 20.4. The summed E-state index contributed by atoms with van der Waals surface area (Å²) in [5.41, 5.74) is 12.1. The summed E-state index contributed by atoms with van der Waals surface area (Å²) in [5.74, 6) is -0.504. The molecule has 0 saturated carbocycles. The lowest BCUT2D eigenvalue weighted by Gasteiger charge is -2.29. The number of aliphatic hydroxyl groups is 2. The second kappa shape index (κ2) is 7.82. The van der Waals surface area contributed by atoms with Crippen molar-refractivity contribution in [3.63, 3.8) is 0 Å². The van der Waals surface area contributed by atoms with Gasteiger partial charge in [-0.25, -0.2) is 9.37 Å². The van der Waals surface area contributed by atoms with E-state index in [-0.39, 0.29) is 5.69 Å². The smallest absolute Gasteiger partial charge is 0.124 e. The van der Waals surface area contributed by atoms with Gasteiger partial charge in [0.1, 0.15) is 11.4 Å². The highest BCUT2D eigenvalue weighted by Gasteiger charge is 2.31. The van der Waals surface area contributed by atoms with Crippen LogP contribution in [-0.4, -0.2) is 15.2 Å². The lowest BCUT2D eigenvalue weighted by atomic mass is 9.85. The molecular formula is C21H30FN3O2. The maximum Gasteiger partial charge on any atom is 0.124 e. The fraction of sp³-hybridized carbons (Fsp3) is 0.476. The molecule has 6 N–H and O–H groups in total. The minimum absolute atomic E-state index is 0.280. The van der Waals surface area contributed by atoms with Gasteiger partial charge in [-0.15, -0.1) is 0 Å². The van der Waals surface area contributed by atoms with Crippen LogP contribution >= 0.6 is 0 Å². The summed E-state index contributed by atoms with van der Waals surface area (Å²) in [6.07, 6.45) is 1.70. The third-order valence-electron chi connectivity index (χ3n) is 5.63. The van der Waals surface area contributed by atoms with Crippen LogP contribution in [0.4, 0.5) is 15.8 Å². The van der Waals surface area contributed by atoms with E-state index in [2.05, 4.69) is 4.98 Å². The molecule has 0 spiro atoms. The van der Waals surface area contributed by atoms with Crippen LogP contribution in [0.5, 0.6) is 0 Å². The quantitative estimate of drug-likeness (QED) is 0.546. The van der Waals surface area contributed by atoms with E-state index in [0.717, 1.165) is 0 Å². The van der Waals surface area contributed by atoms with Gasteiger partial charge in [0.05, 0.1) is 22.7 Å². The van der Waals surface area contributed by atoms with Gasteiger partial charge in [-0.3, -0.25) is 0 Å². The van der Waals surface area contributed by atoms with Crippen LogP contribution in [0.25, 0.3) is 11.3 Å². The minimum atomic E-state index is -1.22. The monoisotopic (exact) mass is 375 g/mol. The van der Waals surface area contributed by atoms with Crippen molar-refractivity contribution in [2.24, 2.45) is 0 Å². The highest BCUT2D eigenvalue weighted by Crippen LogP contribution is 2.40. The van der Waals surface area contributed by atoms with E-state index in [0.29, 0.717) is 53.9 Å². The Kier molecular flexibility index (Phi) is 6.12. The minimum Gasteiger partial charge on any atom is -0.398 e. The second-order valence-electron chi connectivity index (χ2n) is 7.03. The number of hydrogen-bond donors (Lipinski definition) is 4. The first-order chi connectivity index (χ1) is 12.7. The third kappa shape index (κ3) is 3.77. The van der Waals surface area contributed by atoms with Gasteiger partial charge in [-0.1, -0.05) is 27.7 Å². The fourth-order valence-corrected chi connectivity index (χ4v) is 3.42. The molecule has 0 fully saturated rings. The number of anilines is 2. The van der Waals surface area contributed by atoms with Crippen LogP contribution in [0.3, 0.4) is 0 Å². The molecule has 6 heteroatoms. The van der Waals surface area contributed by atoms with Gasteiger partial charge >= 0.3 is 0 Å². The van der Waals surface area contributed by atoms with Crippen LogP contribution in [0, 0.1) is 5.82 Å². The number of pyridine rings is 1. The largest absolute Gasteiger partial charge is 0.398 e. The first kappa shape index (κ1) is 21.1. The van der Waals surface area contributed by atoms with Crippen LogP contribution in [-0.2, 0) is 11.2 Å². The van der Waals surface area contributed by atoms with Gasteiger partial charge in [-0.2, -0.15) is 0 Å². The first-order valence-electron chi connectivity index (χ1n) is 9.47. The Morgan fingerprint density at radius 2 is 1.48 bits per heavy atom. The van der Waals surface area contributed by atoms with E-state index in [4.69, 9.17) is 11.5 Å². The molecule has 2 aromatic rings. The molecule has 0 amide bonds. The van der Waals surface area contributed by atoms with Crippen LogP contribution < -0.4 is 11.5 Å². The van der Waals surface area contributed by atoms with Crippen molar-refractivity contribution >= 4 is 11.4 Å². The Labute approximate surface area is 160 Å². The standard InChI is InChI=1S/C21H30FN3O2/c1-5-20(26,6-2)15-12-13(22)11-14(18(15)24)17-10-9-16(23)19(25-17)21(27,7-3)8-4/h9-12,26-27H,5-8,23-24H2,1-4H3. The van der Waals surface area contributed by atoms with Gasteiger partial charge in [0.25, 0.3) is 0 Å². The predicted molar refractivity (Wildman–Crippen MR) is 107 cm³/mol. The van der Waals surface area contributed by atoms with Gasteiger partial charge in [-0.05, 0) is 49.9 Å². The maximum absolute atomic E-state index is 14.4. The van der Waals surface area contributed by atoms with Crippen LogP contribution in [0.1, 0.15) is 64.6 Å². The molecule has 0 radical (unpaired) electrons. The van der Waals surface area contributed by atoms with Gasteiger partial charge < -0.3 is 21.7 Å². The molecule has 1 aromatic heterocycles. The summed E-state index contributed by atoms with van der Waals surface area (Å²) in [4.78, 5) is 4.53. The highest BCUT2D eigenvalue weighted by molar-refractivity contribution is 5.78. The molecule has 2 rings (SSSR count). The summed E-state index contributed by atoms with van der Waals surface area (Å²) in [6.45, 7) is 7.37. The fourth-order valence-electron chi connectivity index (χ4n) is 3.42. The summed E-state index contributed by atoms with van der Waals surface area (Å²) in [6, 6.07) is 5.86. The topological polar surface area (TPSA) is 105 Å². The molecule has 1 aromatic carbocycles. The van der Waals surface area contributed by atoms with E-state index in [1.54, 1.807) is 12.1 Å². The Morgan fingerprint density at radius 1 is 0.926 bits per heavy atom. The summed E-state index contributed by atoms with van der Waals surface area (Å²) >= 11 is 0. The number of nitrogens with zero attached hydrogens (tertiary/aromatic N) is 1. The number of aromatic nitrogens is 1. The van der Waals surface area contributed by atoms with Gasteiger partial charge in [0, 0.05) is 16.8 Å². The van der Waals surface area contributed by atoms with Crippen LogP contribution in [0.2, 0.25) is 0 Å². The lowest BCUT2D eigenvalue weighted by molar-refractivity contribution is 0.0249. The van der Waals surface area contributed by atoms with Crippen molar-refractivity contribution in [1.82, 2.24) is 4.98 Å². The molecular weight excluding hydrogens is 345 g/mol. The highest BCUT2D eigenvalue weighted by atomic mass is 19.1. The van der Waals surface area contributed by atoms with Crippen molar-refractivity contribution in [2.45, 2.75) is 64.6 Å². The molecule has 148 valence electrons. The Bertz CT molecular complexity index is 815. The van der Waals surface area contributed by atoms with Crippen molar-refractivity contribution in [2.75, 3.05) is 11.5 Å². The van der Waals surface area contributed by atoms with Gasteiger partial charge in [0.15, 0.2) is 0 Å². The Hall–Kier alpha value is -2.18. The summed E-state index contributed by atoms with van der Waals surface area (Å²) in [5, 5.41) is 21.7. The number of rotatable bonds is 7. The molecule has 27 heavy (non-hydrogen) atoms. The molecule has 0 aliphatic rings. The van der Waals surface area contributed by atoms with E-state index in [1.165, 1.54) is 12.1 Å². The van der Waals surface area contributed by atoms with Crippen molar-refractivity contribution in [3.8, 4) is 11.3 Å². The number of halogens is 1. The van der Waals surface area contributed by atoms with E-state index >= 15 is 0 Å². The predicted octanol–water partition coefficient (Wildman–Crippen LogP) is 4.07. The number of hydrogen-bond acceptors (Lipinski definition) is 5. The summed E-state index contributed by atoms with van der Waals surface area (Å²) < 4.78 is 14.4. The average Bonchev–Trinajstić information content (AvgIpc) is 2.68. The van der Waals surface area contributed by atoms with Crippen molar-refractivity contribution in [3.05, 3.63) is 41.3 Å². The van der Waals surface area contributed by atoms with E-state index < -0.39 is 17.0 Å². The molecule has 0 unspecified atom stereocenters. The lowest BCUT2D eigenvalue weighted by Crippen LogP contribution is -2.27. The molecule has 0 aliphatic heterocycles. The number of nitrogens with two attached hydrogens (primary N) is 2. The summed E-state index contributed by atoms with van der Waals surface area (Å²) in [7, 11) is 0. The molecule has 1 heterocycles. The van der Waals surface area contributed by atoms with Crippen LogP contribution in [0.15, 0.2) is 24.3 Å². The first-order valence-corrected chi connectivity index (χ1v) is 9.47. The SMILES string of the molecule is CCC(O)(CC)c1cc(F)cc(-c2ccc(N)c(C(O)(CC)CC)n2)c1N. The van der Waals surface area contributed by atoms with E-state index in [1.807, 2.05) is 27.7 Å². The molecule has 0 atom stereocenters. The second-order valence-corrected chi connectivity index (χ2v) is 7.03. The van der Waals surface area contributed by atoms with Crippen molar-refractivity contribution in [1.29, 1.82) is 0 Å². The molecule has 5 nitrogen and oxygen atoms in total. The normalized spacial score (nSPS) is 12.4. The molecule has 0 aliphatic carbocycles. The maximum atomic E-state index is 14.4. The zero-order valence-corrected chi connectivity index (χ0v) is 16.5.